The Morgan fingerprint density at radius 1 is 1.04 bits per heavy atom. The molecule has 5 rings (SSSR count). The van der Waals surface area contributed by atoms with Crippen molar-refractivity contribution in [2.24, 2.45) is 5.41 Å². The minimum atomic E-state index is -3.46. The number of hydrogen-bond donors (Lipinski definition) is 0. The summed E-state index contributed by atoms with van der Waals surface area (Å²) in [6, 6.07) is 22.4. The van der Waals surface area contributed by atoms with Crippen LogP contribution in [0.1, 0.15) is 74.1 Å². The first-order valence-corrected chi connectivity index (χ1v) is 18.9. The molecule has 0 bridgehead atoms. The molecule has 0 radical (unpaired) electrons. The van der Waals surface area contributed by atoms with E-state index in [0.29, 0.717) is 61.8 Å². The van der Waals surface area contributed by atoms with Gasteiger partial charge in [0.1, 0.15) is 5.75 Å². The van der Waals surface area contributed by atoms with E-state index in [1.54, 1.807) is 14.2 Å². The van der Waals surface area contributed by atoms with E-state index in [4.69, 9.17) is 32.7 Å². The Hall–Kier alpha value is -2.88. The standard InChI is InChI=1S/C38H46Cl2N2O5S/c1-5-20-38(21-22-47-26-27-10-16-33(46-4)17-11-27)24-35(29-8-7-9-31(40)23-29)36(28-12-14-30(39)15-13-28)42(37(38)43)32(6-2)25-41(3)48(44,45)34-18-19-34/h5,7-17,23,32,34-36H,1,6,18-22,24-26H2,2-4H3/t32-,35-,36-,38+/m1/s1. The van der Waals surface area contributed by atoms with Crippen LogP contribution in [0.3, 0.4) is 0 Å². The van der Waals surface area contributed by atoms with Gasteiger partial charge in [0.25, 0.3) is 0 Å². The van der Waals surface area contributed by atoms with E-state index in [1.165, 1.54) is 4.31 Å². The molecule has 2 aliphatic rings. The monoisotopic (exact) mass is 712 g/mol. The van der Waals surface area contributed by atoms with Gasteiger partial charge in [-0.3, -0.25) is 4.79 Å². The highest BCUT2D eigenvalue weighted by Gasteiger charge is 2.53. The number of carbonyl (C=O) groups excluding carboxylic acids is 1. The molecule has 3 aromatic rings. The number of allylic oxidation sites excluding steroid dienone is 1. The molecule has 10 heteroatoms. The summed E-state index contributed by atoms with van der Waals surface area (Å²) in [6.07, 6.45) is 5.21. The normalized spacial score (nSPS) is 22.1. The van der Waals surface area contributed by atoms with Crippen LogP contribution in [0.5, 0.6) is 5.75 Å². The SMILES string of the molecule is C=CC[C@]1(CCOCc2ccc(OC)cc2)C[C@H](c2cccc(Cl)c2)[C@@H](c2ccc(Cl)cc2)N([C@H](CC)CN(C)S(=O)(=O)C2CC2)C1=O. The second-order valence-corrected chi connectivity index (χ2v) is 16.3. The van der Waals surface area contributed by atoms with Crippen LogP contribution in [-0.2, 0) is 26.2 Å². The first-order valence-electron chi connectivity index (χ1n) is 16.6. The number of amides is 1. The fourth-order valence-corrected chi connectivity index (χ4v) is 9.01. The molecule has 1 saturated heterocycles. The van der Waals surface area contributed by atoms with Crippen molar-refractivity contribution >= 4 is 39.1 Å². The van der Waals surface area contributed by atoms with Crippen LogP contribution in [0.25, 0.3) is 0 Å². The highest BCUT2D eigenvalue weighted by Crippen LogP contribution is 2.54. The fourth-order valence-electron chi connectivity index (χ4n) is 7.07. The molecule has 1 aliphatic carbocycles. The molecule has 1 amide bonds. The highest BCUT2D eigenvalue weighted by atomic mass is 35.5. The van der Waals surface area contributed by atoms with Gasteiger partial charge in [0.15, 0.2) is 0 Å². The molecule has 1 aliphatic heterocycles. The third-order valence-corrected chi connectivity index (χ3v) is 12.7. The number of likely N-dealkylation sites (tertiary alicyclic amines) is 1. The Kier molecular flexibility index (Phi) is 12.0. The summed E-state index contributed by atoms with van der Waals surface area (Å²) in [5, 5.41) is 0.875. The molecule has 0 aromatic heterocycles. The Balaban J connectivity index is 1.55. The van der Waals surface area contributed by atoms with Crippen LogP contribution in [0.15, 0.2) is 85.5 Å². The molecule has 2 fully saturated rings. The third kappa shape index (κ3) is 8.11. The molecule has 258 valence electrons. The minimum absolute atomic E-state index is 0.0160. The molecule has 7 nitrogen and oxygen atoms in total. The number of rotatable bonds is 16. The van der Waals surface area contributed by atoms with Crippen molar-refractivity contribution in [3.8, 4) is 5.75 Å². The lowest BCUT2D eigenvalue weighted by molar-refractivity contribution is -0.158. The number of carbonyl (C=O) groups is 1. The van der Waals surface area contributed by atoms with E-state index >= 15 is 4.79 Å². The lowest BCUT2D eigenvalue weighted by Gasteiger charge is -2.53. The largest absolute Gasteiger partial charge is 0.497 e. The van der Waals surface area contributed by atoms with E-state index < -0.39 is 15.4 Å². The van der Waals surface area contributed by atoms with Gasteiger partial charge in [-0.05, 0) is 91.6 Å². The third-order valence-electron chi connectivity index (χ3n) is 9.87. The van der Waals surface area contributed by atoms with Crippen molar-refractivity contribution in [3.63, 3.8) is 0 Å². The Labute approximate surface area is 295 Å². The summed E-state index contributed by atoms with van der Waals surface area (Å²) in [5.41, 5.74) is 2.13. The first-order chi connectivity index (χ1) is 23.0. The fraction of sp³-hybridized carbons (Fsp3) is 0.447. The van der Waals surface area contributed by atoms with Crippen molar-refractivity contribution < 1.29 is 22.7 Å². The van der Waals surface area contributed by atoms with E-state index in [9.17, 15) is 8.42 Å². The van der Waals surface area contributed by atoms with Crippen LogP contribution in [0.2, 0.25) is 10.0 Å². The molecule has 0 spiro atoms. The zero-order valence-electron chi connectivity index (χ0n) is 28.0. The quantitative estimate of drug-likeness (QED) is 0.110. The molecule has 3 aromatic carbocycles. The lowest BCUT2D eigenvalue weighted by atomic mass is 9.64. The first kappa shape index (κ1) is 36.4. The average molecular weight is 714 g/mol. The second-order valence-electron chi connectivity index (χ2n) is 13.1. The Morgan fingerprint density at radius 3 is 2.35 bits per heavy atom. The van der Waals surface area contributed by atoms with Gasteiger partial charge in [0, 0.05) is 42.2 Å². The lowest BCUT2D eigenvalue weighted by Crippen LogP contribution is -2.58. The molecule has 4 atom stereocenters. The minimum Gasteiger partial charge on any atom is -0.497 e. The Morgan fingerprint density at radius 2 is 1.75 bits per heavy atom. The van der Waals surface area contributed by atoms with Crippen molar-refractivity contribution in [2.75, 3.05) is 27.3 Å². The predicted octanol–water partition coefficient (Wildman–Crippen LogP) is 8.43. The molecule has 48 heavy (non-hydrogen) atoms. The second kappa shape index (κ2) is 15.8. The molecule has 1 saturated carbocycles. The number of piperidine rings is 1. The Bertz CT molecular complexity index is 1660. The van der Waals surface area contributed by atoms with Gasteiger partial charge in [-0.1, -0.05) is 72.6 Å². The van der Waals surface area contributed by atoms with Crippen LogP contribution in [0.4, 0.5) is 0 Å². The van der Waals surface area contributed by atoms with Gasteiger partial charge in [-0.25, -0.2) is 12.7 Å². The van der Waals surface area contributed by atoms with E-state index in [1.807, 2.05) is 84.6 Å². The number of benzene rings is 3. The predicted molar refractivity (Wildman–Crippen MR) is 193 cm³/mol. The molecule has 1 heterocycles. The molecule has 0 N–H and O–H groups in total. The number of hydrogen-bond acceptors (Lipinski definition) is 5. The van der Waals surface area contributed by atoms with Gasteiger partial charge in [-0.2, -0.15) is 0 Å². The zero-order chi connectivity index (χ0) is 34.5. The topological polar surface area (TPSA) is 76.2 Å². The van der Waals surface area contributed by atoms with Crippen LogP contribution >= 0.6 is 23.2 Å². The number of methoxy groups -OCH3 is 1. The maximum atomic E-state index is 15.2. The number of halogens is 2. The van der Waals surface area contributed by atoms with Crippen molar-refractivity contribution in [3.05, 3.63) is 112 Å². The van der Waals surface area contributed by atoms with Gasteiger partial charge in [-0.15, -0.1) is 6.58 Å². The summed E-state index contributed by atoms with van der Waals surface area (Å²) < 4.78 is 39.6. The number of nitrogens with zero attached hydrogens (tertiary/aromatic N) is 2. The summed E-state index contributed by atoms with van der Waals surface area (Å²) in [7, 11) is -0.182. The maximum Gasteiger partial charge on any atom is 0.230 e. The molecular weight excluding hydrogens is 667 g/mol. The number of ether oxygens (including phenoxy) is 2. The van der Waals surface area contributed by atoms with Gasteiger partial charge >= 0.3 is 0 Å². The van der Waals surface area contributed by atoms with Crippen LogP contribution in [0, 0.1) is 5.41 Å². The number of likely N-dealkylation sites (N-methyl/N-ethyl adjacent to an activating group) is 1. The number of sulfonamides is 1. The van der Waals surface area contributed by atoms with Gasteiger partial charge in [0.2, 0.25) is 15.9 Å². The van der Waals surface area contributed by atoms with E-state index in [0.717, 1.165) is 22.4 Å². The molecular formula is C38H46Cl2N2O5S. The van der Waals surface area contributed by atoms with Crippen LogP contribution < -0.4 is 4.74 Å². The summed E-state index contributed by atoms with van der Waals surface area (Å²) in [5.74, 6) is 0.612. The van der Waals surface area contributed by atoms with E-state index in [-0.39, 0.29) is 35.7 Å². The van der Waals surface area contributed by atoms with Crippen molar-refractivity contribution in [1.82, 2.24) is 9.21 Å². The van der Waals surface area contributed by atoms with Crippen molar-refractivity contribution in [2.45, 2.75) is 75.3 Å². The summed E-state index contributed by atoms with van der Waals surface area (Å²) >= 11 is 12.9. The smallest absolute Gasteiger partial charge is 0.230 e. The summed E-state index contributed by atoms with van der Waals surface area (Å²) in [6.45, 7) is 7.06. The zero-order valence-corrected chi connectivity index (χ0v) is 30.3. The van der Waals surface area contributed by atoms with Gasteiger partial charge in [0.05, 0.1) is 30.4 Å². The van der Waals surface area contributed by atoms with Crippen LogP contribution in [-0.4, -0.2) is 62.1 Å². The van der Waals surface area contributed by atoms with Gasteiger partial charge < -0.3 is 14.4 Å². The maximum absolute atomic E-state index is 15.2. The summed E-state index contributed by atoms with van der Waals surface area (Å²) in [4.78, 5) is 17.2. The molecule has 0 unspecified atom stereocenters. The highest BCUT2D eigenvalue weighted by molar-refractivity contribution is 7.90. The van der Waals surface area contributed by atoms with Crippen molar-refractivity contribution in [1.29, 1.82) is 0 Å². The average Bonchev–Trinajstić information content (AvgIpc) is 3.94. The van der Waals surface area contributed by atoms with E-state index in [2.05, 4.69) is 12.6 Å².